The molecule has 0 saturated heterocycles. The highest BCUT2D eigenvalue weighted by molar-refractivity contribution is 5.85. The van der Waals surface area contributed by atoms with Crippen molar-refractivity contribution in [2.75, 3.05) is 0 Å². The molecule has 0 aromatic rings. The monoisotopic (exact) mass is 390 g/mol. The molecule has 160 valence electrons. The summed E-state index contributed by atoms with van der Waals surface area (Å²) in [5, 5.41) is 10.9. The van der Waals surface area contributed by atoms with Crippen molar-refractivity contribution < 1.29 is 5.11 Å². The molecule has 0 fully saturated rings. The van der Waals surface area contributed by atoms with Gasteiger partial charge in [0.2, 0.25) is 0 Å². The molecule has 0 amide bonds. The van der Waals surface area contributed by atoms with Gasteiger partial charge in [-0.15, -0.1) is 12.4 Å². The van der Waals surface area contributed by atoms with Crippen LogP contribution in [-0.2, 0) is 0 Å². The first kappa shape index (κ1) is 28.5. The first-order valence-corrected chi connectivity index (χ1v) is 11.9. The lowest BCUT2D eigenvalue weighted by Gasteiger charge is -2.28. The van der Waals surface area contributed by atoms with Crippen molar-refractivity contribution in [2.45, 2.75) is 155 Å². The average Bonchev–Trinajstić information content (AvgIpc) is 2.62. The molecular weight excluding hydrogens is 340 g/mol. The number of aliphatic hydroxyl groups is 1. The van der Waals surface area contributed by atoms with E-state index in [2.05, 4.69) is 20.8 Å². The summed E-state index contributed by atoms with van der Waals surface area (Å²) in [6, 6.07) is 0. The highest BCUT2D eigenvalue weighted by Gasteiger charge is 2.24. The van der Waals surface area contributed by atoms with Crippen LogP contribution >= 0.6 is 12.4 Å². The van der Waals surface area contributed by atoms with E-state index < -0.39 is 0 Å². The van der Waals surface area contributed by atoms with Crippen molar-refractivity contribution in [1.82, 2.24) is 0 Å². The van der Waals surface area contributed by atoms with E-state index >= 15 is 0 Å². The molecule has 0 heterocycles. The quantitative estimate of drug-likeness (QED) is 0.205. The molecule has 0 aliphatic heterocycles. The Balaban J connectivity index is 0. The van der Waals surface area contributed by atoms with Gasteiger partial charge in [0.1, 0.15) is 0 Å². The largest absolute Gasteiger partial charge is 0.390 e. The zero-order valence-electron chi connectivity index (χ0n) is 18.5. The molecule has 0 aromatic heterocycles. The van der Waals surface area contributed by atoms with Crippen LogP contribution < -0.4 is 0 Å². The van der Waals surface area contributed by atoms with Gasteiger partial charge < -0.3 is 5.11 Å². The minimum absolute atomic E-state index is 0. The fraction of sp³-hybridized carbons (Fsp3) is 1.00. The summed E-state index contributed by atoms with van der Waals surface area (Å²) >= 11 is 0. The second-order valence-corrected chi connectivity index (χ2v) is 8.42. The third-order valence-electron chi connectivity index (χ3n) is 5.74. The van der Waals surface area contributed by atoms with Crippen LogP contribution in [0.1, 0.15) is 149 Å². The normalized spacial score (nSPS) is 11.5. The average molecular weight is 391 g/mol. The van der Waals surface area contributed by atoms with Crippen molar-refractivity contribution in [3.8, 4) is 0 Å². The van der Waals surface area contributed by atoms with Gasteiger partial charge in [-0.1, -0.05) is 130 Å². The molecule has 26 heavy (non-hydrogen) atoms. The lowest BCUT2D eigenvalue weighted by atomic mass is 9.86. The molecule has 0 spiro atoms. The van der Waals surface area contributed by atoms with Crippen LogP contribution in [0.2, 0.25) is 0 Å². The Kier molecular flexibility index (Phi) is 23.6. The Hall–Kier alpha value is 0.250. The van der Waals surface area contributed by atoms with E-state index in [0.717, 1.165) is 19.3 Å². The maximum Gasteiger partial charge on any atom is 0.0647 e. The number of hydrogen-bond acceptors (Lipinski definition) is 1. The number of rotatable bonds is 20. The van der Waals surface area contributed by atoms with E-state index in [1.165, 1.54) is 109 Å². The second kappa shape index (κ2) is 21.5. The molecule has 0 aliphatic carbocycles. The number of unbranched alkanes of at least 4 members (excludes halogenated alkanes) is 14. The third-order valence-corrected chi connectivity index (χ3v) is 5.74. The van der Waals surface area contributed by atoms with Gasteiger partial charge in [0, 0.05) is 0 Å². The SMILES string of the molecule is CCCCCCCCCCCCCCCC(O)(CCCC)CCCC.Cl. The maximum atomic E-state index is 10.9. The molecule has 0 aromatic carbocycles. The highest BCUT2D eigenvalue weighted by atomic mass is 35.5. The van der Waals surface area contributed by atoms with E-state index in [4.69, 9.17) is 0 Å². The highest BCUT2D eigenvalue weighted by Crippen LogP contribution is 2.27. The van der Waals surface area contributed by atoms with E-state index in [9.17, 15) is 5.11 Å². The predicted molar refractivity (Wildman–Crippen MR) is 122 cm³/mol. The molecule has 0 bridgehead atoms. The van der Waals surface area contributed by atoms with Crippen molar-refractivity contribution in [2.24, 2.45) is 0 Å². The van der Waals surface area contributed by atoms with Crippen LogP contribution in [-0.4, -0.2) is 10.7 Å². The maximum absolute atomic E-state index is 10.9. The number of halogens is 1. The zero-order chi connectivity index (χ0) is 18.6. The lowest BCUT2D eigenvalue weighted by Crippen LogP contribution is -2.28. The third kappa shape index (κ3) is 19.0. The van der Waals surface area contributed by atoms with Gasteiger partial charge >= 0.3 is 0 Å². The fourth-order valence-electron chi connectivity index (χ4n) is 3.86. The summed E-state index contributed by atoms with van der Waals surface area (Å²) < 4.78 is 0. The van der Waals surface area contributed by atoms with E-state index in [0.29, 0.717) is 0 Å². The summed E-state index contributed by atoms with van der Waals surface area (Å²) in [4.78, 5) is 0. The molecule has 0 unspecified atom stereocenters. The molecular formula is C24H51ClO. The lowest BCUT2D eigenvalue weighted by molar-refractivity contribution is 0.00788. The van der Waals surface area contributed by atoms with Crippen LogP contribution in [0.5, 0.6) is 0 Å². The summed E-state index contributed by atoms with van der Waals surface area (Å²) in [7, 11) is 0. The van der Waals surface area contributed by atoms with Crippen molar-refractivity contribution in [1.29, 1.82) is 0 Å². The number of hydrogen-bond donors (Lipinski definition) is 1. The second-order valence-electron chi connectivity index (χ2n) is 8.42. The van der Waals surface area contributed by atoms with Crippen molar-refractivity contribution in [3.05, 3.63) is 0 Å². The summed E-state index contributed by atoms with van der Waals surface area (Å²) in [6.45, 7) is 6.74. The molecule has 0 rings (SSSR count). The molecule has 0 saturated carbocycles. The van der Waals surface area contributed by atoms with Crippen LogP contribution in [0.25, 0.3) is 0 Å². The van der Waals surface area contributed by atoms with Gasteiger partial charge in [0.05, 0.1) is 5.60 Å². The molecule has 0 radical (unpaired) electrons. The van der Waals surface area contributed by atoms with Crippen LogP contribution in [0.3, 0.4) is 0 Å². The first-order chi connectivity index (χ1) is 12.2. The smallest absolute Gasteiger partial charge is 0.0647 e. The molecule has 0 aliphatic rings. The van der Waals surface area contributed by atoms with Gasteiger partial charge in [-0.3, -0.25) is 0 Å². The Morgan fingerprint density at radius 2 is 0.692 bits per heavy atom. The van der Waals surface area contributed by atoms with Crippen LogP contribution in [0, 0.1) is 0 Å². The van der Waals surface area contributed by atoms with Gasteiger partial charge in [-0.05, 0) is 19.3 Å². The summed E-state index contributed by atoms with van der Waals surface area (Å²) in [6.07, 6.45) is 26.0. The van der Waals surface area contributed by atoms with Crippen molar-refractivity contribution in [3.63, 3.8) is 0 Å². The van der Waals surface area contributed by atoms with Crippen LogP contribution in [0.15, 0.2) is 0 Å². The van der Waals surface area contributed by atoms with Crippen molar-refractivity contribution >= 4 is 12.4 Å². The predicted octanol–water partition coefficient (Wildman–Crippen LogP) is 9.00. The molecule has 1 N–H and O–H groups in total. The van der Waals surface area contributed by atoms with E-state index in [1.807, 2.05) is 0 Å². The minimum atomic E-state index is -0.357. The zero-order valence-corrected chi connectivity index (χ0v) is 19.3. The Morgan fingerprint density at radius 1 is 0.423 bits per heavy atom. The van der Waals surface area contributed by atoms with Crippen LogP contribution in [0.4, 0.5) is 0 Å². The van der Waals surface area contributed by atoms with Gasteiger partial charge in [0.25, 0.3) is 0 Å². The first-order valence-electron chi connectivity index (χ1n) is 11.9. The fourth-order valence-corrected chi connectivity index (χ4v) is 3.86. The summed E-state index contributed by atoms with van der Waals surface area (Å²) in [5.74, 6) is 0. The van der Waals surface area contributed by atoms with Gasteiger partial charge in [0.15, 0.2) is 0 Å². The van der Waals surface area contributed by atoms with E-state index in [-0.39, 0.29) is 18.0 Å². The molecule has 1 nitrogen and oxygen atoms in total. The topological polar surface area (TPSA) is 20.2 Å². The van der Waals surface area contributed by atoms with Gasteiger partial charge in [-0.25, -0.2) is 0 Å². The molecule has 2 heteroatoms. The Morgan fingerprint density at radius 3 is 1.04 bits per heavy atom. The minimum Gasteiger partial charge on any atom is -0.390 e. The summed E-state index contributed by atoms with van der Waals surface area (Å²) in [5.41, 5.74) is -0.357. The Labute approximate surface area is 172 Å². The Bertz CT molecular complexity index is 247. The van der Waals surface area contributed by atoms with Gasteiger partial charge in [-0.2, -0.15) is 0 Å². The van der Waals surface area contributed by atoms with E-state index in [1.54, 1.807) is 0 Å². The standard InChI is InChI=1S/C24H50O.ClH/c1-4-7-10-11-12-13-14-15-16-17-18-19-20-23-24(25,21-8-5-2)22-9-6-3;/h25H,4-23H2,1-3H3;1H. The molecule has 0 atom stereocenters.